The zero-order chi connectivity index (χ0) is 12.8. The van der Waals surface area contributed by atoms with Crippen LogP contribution >= 0.6 is 11.6 Å². The average molecular weight is 259 g/mol. The fraction of sp³-hybridized carbons (Fsp3) is 0.300. The van der Waals surface area contributed by atoms with Crippen molar-refractivity contribution < 1.29 is 14.8 Å². The van der Waals surface area contributed by atoms with E-state index in [1.54, 1.807) is 0 Å². The Kier molecular flexibility index (Phi) is 4.71. The molecule has 0 aliphatic carbocycles. The van der Waals surface area contributed by atoms with E-state index >= 15 is 0 Å². The maximum absolute atomic E-state index is 10.5. The number of nitro groups is 1. The number of nitrogens with one attached hydrogen (secondary N) is 1. The topological polar surface area (TPSA) is 92.5 Å². The van der Waals surface area contributed by atoms with Crippen molar-refractivity contribution in [2.45, 2.75) is 12.8 Å². The summed E-state index contributed by atoms with van der Waals surface area (Å²) in [6.45, 7) is 0.448. The van der Waals surface area contributed by atoms with E-state index in [2.05, 4.69) is 5.32 Å². The molecule has 6 nitrogen and oxygen atoms in total. The van der Waals surface area contributed by atoms with Crippen LogP contribution in [-0.4, -0.2) is 22.5 Å². The van der Waals surface area contributed by atoms with Crippen LogP contribution in [0.4, 0.5) is 11.4 Å². The number of non-ortho nitro benzene ring substituents is 1. The molecule has 7 heteroatoms. The van der Waals surface area contributed by atoms with Crippen molar-refractivity contribution in [3.05, 3.63) is 33.3 Å². The molecule has 1 aromatic carbocycles. The second-order valence-electron chi connectivity index (χ2n) is 3.35. The summed E-state index contributed by atoms with van der Waals surface area (Å²) >= 11 is 5.83. The first-order valence-corrected chi connectivity index (χ1v) is 5.28. The number of nitrogens with zero attached hydrogens (tertiary/aromatic N) is 1. The van der Waals surface area contributed by atoms with Crippen LogP contribution in [0.15, 0.2) is 18.2 Å². The summed E-state index contributed by atoms with van der Waals surface area (Å²) in [4.78, 5) is 20.2. The fourth-order valence-electron chi connectivity index (χ4n) is 1.22. The first kappa shape index (κ1) is 13.2. The molecule has 0 saturated heterocycles. The Bertz CT molecular complexity index is 436. The lowest BCUT2D eigenvalue weighted by atomic mass is 10.2. The molecule has 0 amide bonds. The van der Waals surface area contributed by atoms with Gasteiger partial charge in [0.1, 0.15) is 0 Å². The Hall–Kier alpha value is -1.82. The van der Waals surface area contributed by atoms with Gasteiger partial charge in [-0.1, -0.05) is 11.6 Å². The summed E-state index contributed by atoms with van der Waals surface area (Å²) in [5, 5.41) is 22.1. The van der Waals surface area contributed by atoms with Crippen molar-refractivity contribution in [2.24, 2.45) is 0 Å². The first-order chi connectivity index (χ1) is 8.00. The highest BCUT2D eigenvalue weighted by Gasteiger charge is 2.08. The minimum atomic E-state index is -0.860. The van der Waals surface area contributed by atoms with Crippen molar-refractivity contribution in [1.29, 1.82) is 0 Å². The lowest BCUT2D eigenvalue weighted by Gasteiger charge is -2.06. The van der Waals surface area contributed by atoms with E-state index in [1.165, 1.54) is 18.2 Å². The van der Waals surface area contributed by atoms with Crippen LogP contribution in [0.25, 0.3) is 0 Å². The molecule has 0 atom stereocenters. The molecular formula is C10H11ClN2O4. The van der Waals surface area contributed by atoms with Gasteiger partial charge < -0.3 is 10.4 Å². The fourth-order valence-corrected chi connectivity index (χ4v) is 1.47. The molecule has 2 N–H and O–H groups in total. The number of anilines is 1. The third kappa shape index (κ3) is 4.28. The molecule has 0 saturated carbocycles. The molecule has 0 unspecified atom stereocenters. The summed E-state index contributed by atoms with van der Waals surface area (Å²) in [6, 6.07) is 4.09. The molecular weight excluding hydrogens is 248 g/mol. The number of hydrogen-bond donors (Lipinski definition) is 2. The van der Waals surface area contributed by atoms with Gasteiger partial charge in [0.2, 0.25) is 0 Å². The third-order valence-corrected chi connectivity index (χ3v) is 2.36. The molecule has 92 valence electrons. The van der Waals surface area contributed by atoms with E-state index in [0.29, 0.717) is 18.7 Å². The SMILES string of the molecule is O=C(O)CCCNc1ccc([N+](=O)[O-])cc1Cl. The second-order valence-corrected chi connectivity index (χ2v) is 3.75. The number of aliphatic carboxylic acids is 1. The summed E-state index contributed by atoms with van der Waals surface area (Å²) in [6.07, 6.45) is 0.528. The number of benzene rings is 1. The lowest BCUT2D eigenvalue weighted by Crippen LogP contribution is -2.05. The van der Waals surface area contributed by atoms with Crippen molar-refractivity contribution in [3.63, 3.8) is 0 Å². The van der Waals surface area contributed by atoms with Crippen LogP contribution in [0, 0.1) is 10.1 Å². The van der Waals surface area contributed by atoms with E-state index in [0.717, 1.165) is 0 Å². The van der Waals surface area contributed by atoms with Gasteiger partial charge in [-0.25, -0.2) is 0 Å². The molecule has 0 heterocycles. The Morgan fingerprint density at radius 2 is 2.24 bits per heavy atom. The Balaban J connectivity index is 2.54. The zero-order valence-electron chi connectivity index (χ0n) is 8.85. The van der Waals surface area contributed by atoms with Crippen molar-refractivity contribution in [1.82, 2.24) is 0 Å². The Morgan fingerprint density at radius 1 is 1.53 bits per heavy atom. The van der Waals surface area contributed by atoms with Crippen molar-refractivity contribution in [3.8, 4) is 0 Å². The largest absolute Gasteiger partial charge is 0.481 e. The first-order valence-electron chi connectivity index (χ1n) is 4.90. The maximum atomic E-state index is 10.5. The van der Waals surface area contributed by atoms with E-state index in [1.807, 2.05) is 0 Å². The molecule has 0 bridgehead atoms. The molecule has 0 aliphatic rings. The normalized spacial score (nSPS) is 9.94. The Labute approximate surface area is 102 Å². The van der Waals surface area contributed by atoms with Crippen LogP contribution in [0.1, 0.15) is 12.8 Å². The molecule has 0 radical (unpaired) electrons. The smallest absolute Gasteiger partial charge is 0.303 e. The molecule has 17 heavy (non-hydrogen) atoms. The summed E-state index contributed by atoms with van der Waals surface area (Å²) in [5.41, 5.74) is 0.480. The minimum Gasteiger partial charge on any atom is -0.481 e. The highest BCUT2D eigenvalue weighted by Crippen LogP contribution is 2.26. The monoisotopic (exact) mass is 258 g/mol. The van der Waals surface area contributed by atoms with Crippen LogP contribution in [0.3, 0.4) is 0 Å². The van der Waals surface area contributed by atoms with E-state index in [-0.39, 0.29) is 17.1 Å². The average Bonchev–Trinajstić information content (AvgIpc) is 2.25. The Morgan fingerprint density at radius 3 is 2.76 bits per heavy atom. The highest BCUT2D eigenvalue weighted by atomic mass is 35.5. The van der Waals surface area contributed by atoms with Crippen molar-refractivity contribution >= 4 is 28.9 Å². The van der Waals surface area contributed by atoms with Crippen molar-refractivity contribution in [2.75, 3.05) is 11.9 Å². The van der Waals surface area contributed by atoms with Crippen LogP contribution in [0.5, 0.6) is 0 Å². The number of carbonyl (C=O) groups is 1. The number of carboxylic acids is 1. The van der Waals surface area contributed by atoms with Crippen LogP contribution < -0.4 is 5.32 Å². The molecule has 0 aliphatic heterocycles. The van der Waals surface area contributed by atoms with E-state index in [9.17, 15) is 14.9 Å². The van der Waals surface area contributed by atoms with Gasteiger partial charge in [0, 0.05) is 25.1 Å². The molecule has 1 rings (SSSR count). The molecule has 1 aromatic rings. The summed E-state index contributed by atoms with van der Waals surface area (Å²) < 4.78 is 0. The molecule has 0 spiro atoms. The molecule has 0 aromatic heterocycles. The van der Waals surface area contributed by atoms with Gasteiger partial charge in [-0.05, 0) is 12.5 Å². The van der Waals surface area contributed by atoms with E-state index in [4.69, 9.17) is 16.7 Å². The summed E-state index contributed by atoms with van der Waals surface area (Å²) in [7, 11) is 0. The van der Waals surface area contributed by atoms with Gasteiger partial charge in [-0.15, -0.1) is 0 Å². The number of rotatable bonds is 6. The number of halogens is 1. The van der Waals surface area contributed by atoms with Gasteiger partial charge in [0.15, 0.2) is 0 Å². The number of hydrogen-bond acceptors (Lipinski definition) is 4. The van der Waals surface area contributed by atoms with Gasteiger partial charge in [0.25, 0.3) is 5.69 Å². The second kappa shape index (κ2) is 6.05. The standard InChI is InChI=1S/C10H11ClN2O4/c11-8-6-7(13(16)17)3-4-9(8)12-5-1-2-10(14)15/h3-4,6,12H,1-2,5H2,(H,14,15). The van der Waals surface area contributed by atoms with Gasteiger partial charge >= 0.3 is 5.97 Å². The van der Waals surface area contributed by atoms with E-state index < -0.39 is 10.9 Å². The third-order valence-electron chi connectivity index (χ3n) is 2.05. The predicted molar refractivity (Wildman–Crippen MR) is 63.5 cm³/mol. The molecule has 0 fully saturated rings. The van der Waals surface area contributed by atoms with Gasteiger partial charge in [0.05, 0.1) is 15.6 Å². The van der Waals surface area contributed by atoms with Gasteiger partial charge in [-0.2, -0.15) is 0 Å². The number of nitro benzene ring substituents is 1. The van der Waals surface area contributed by atoms with Crippen LogP contribution in [-0.2, 0) is 4.79 Å². The summed E-state index contributed by atoms with van der Waals surface area (Å²) in [5.74, 6) is -0.860. The quantitative estimate of drug-likeness (QED) is 0.465. The lowest BCUT2D eigenvalue weighted by molar-refractivity contribution is -0.384. The minimum absolute atomic E-state index is 0.0671. The number of carboxylic acid groups (broad SMARTS) is 1. The van der Waals surface area contributed by atoms with Crippen LogP contribution in [0.2, 0.25) is 5.02 Å². The maximum Gasteiger partial charge on any atom is 0.303 e. The zero-order valence-corrected chi connectivity index (χ0v) is 9.61. The van der Waals surface area contributed by atoms with Gasteiger partial charge in [-0.3, -0.25) is 14.9 Å². The highest BCUT2D eigenvalue weighted by molar-refractivity contribution is 6.33. The predicted octanol–water partition coefficient (Wildman–Crippen LogP) is 2.52.